The van der Waals surface area contributed by atoms with E-state index in [0.717, 1.165) is 17.0 Å². The van der Waals surface area contributed by atoms with Crippen molar-refractivity contribution in [2.45, 2.75) is 6.10 Å². The molecule has 0 aromatic heterocycles. The number of rotatable bonds is 5. The van der Waals surface area contributed by atoms with Crippen LogP contribution in [-0.4, -0.2) is 25.8 Å². The van der Waals surface area contributed by atoms with E-state index in [9.17, 15) is 5.11 Å². The van der Waals surface area contributed by atoms with E-state index < -0.39 is 6.10 Å². The van der Waals surface area contributed by atoms with Crippen LogP contribution >= 0.6 is 0 Å². The highest BCUT2D eigenvalue weighted by Gasteiger charge is 2.09. The standard InChI is InChI=1S/C16H20N2O2/c1-18(2)14-7-4-8-15(10-14)20-11-16(19)12-5-3-6-13(17)9-12/h3-10,16,19H,11,17H2,1-2H3. The number of anilines is 2. The SMILES string of the molecule is CN(C)c1cccc(OCC(O)c2cccc(N)c2)c1. The quantitative estimate of drug-likeness (QED) is 0.821. The molecule has 106 valence electrons. The Kier molecular flexibility index (Phi) is 4.48. The van der Waals surface area contributed by atoms with Crippen LogP contribution in [0.25, 0.3) is 0 Å². The smallest absolute Gasteiger partial charge is 0.121 e. The van der Waals surface area contributed by atoms with Gasteiger partial charge in [-0.15, -0.1) is 0 Å². The van der Waals surface area contributed by atoms with Gasteiger partial charge in [-0.3, -0.25) is 0 Å². The second-order valence-electron chi connectivity index (χ2n) is 4.89. The molecule has 4 nitrogen and oxygen atoms in total. The third kappa shape index (κ3) is 3.65. The number of ether oxygens (including phenoxy) is 1. The molecule has 1 atom stereocenters. The highest BCUT2D eigenvalue weighted by molar-refractivity contribution is 5.49. The van der Waals surface area contributed by atoms with Crippen molar-refractivity contribution >= 4 is 11.4 Å². The summed E-state index contributed by atoms with van der Waals surface area (Å²) in [6.45, 7) is 0.195. The number of nitrogen functional groups attached to an aromatic ring is 1. The van der Waals surface area contributed by atoms with Crippen LogP contribution in [0.3, 0.4) is 0 Å². The lowest BCUT2D eigenvalue weighted by molar-refractivity contribution is 0.108. The molecule has 0 aliphatic rings. The van der Waals surface area contributed by atoms with Gasteiger partial charge in [-0.25, -0.2) is 0 Å². The van der Waals surface area contributed by atoms with E-state index in [2.05, 4.69) is 0 Å². The topological polar surface area (TPSA) is 58.7 Å². The minimum Gasteiger partial charge on any atom is -0.490 e. The molecule has 2 aromatic rings. The van der Waals surface area contributed by atoms with E-state index in [-0.39, 0.29) is 6.61 Å². The molecule has 0 saturated heterocycles. The fraction of sp³-hybridized carbons (Fsp3) is 0.250. The van der Waals surface area contributed by atoms with Gasteiger partial charge < -0.3 is 20.5 Å². The van der Waals surface area contributed by atoms with Crippen LogP contribution in [0.5, 0.6) is 5.75 Å². The molecular weight excluding hydrogens is 252 g/mol. The molecule has 0 heterocycles. The van der Waals surface area contributed by atoms with Gasteiger partial charge in [-0.05, 0) is 29.8 Å². The van der Waals surface area contributed by atoms with Crippen LogP contribution in [0.2, 0.25) is 0 Å². The molecule has 0 saturated carbocycles. The first-order valence-corrected chi connectivity index (χ1v) is 6.50. The van der Waals surface area contributed by atoms with E-state index in [1.807, 2.05) is 55.4 Å². The predicted molar refractivity (Wildman–Crippen MR) is 82.1 cm³/mol. The van der Waals surface area contributed by atoms with Gasteiger partial charge in [0.2, 0.25) is 0 Å². The molecule has 1 unspecified atom stereocenters. The summed E-state index contributed by atoms with van der Waals surface area (Å²) in [6, 6.07) is 14.9. The van der Waals surface area contributed by atoms with E-state index in [1.165, 1.54) is 0 Å². The van der Waals surface area contributed by atoms with Gasteiger partial charge in [0.1, 0.15) is 18.5 Å². The largest absolute Gasteiger partial charge is 0.490 e. The van der Waals surface area contributed by atoms with Gasteiger partial charge in [-0.1, -0.05) is 18.2 Å². The average Bonchev–Trinajstić information content (AvgIpc) is 2.45. The fourth-order valence-corrected chi connectivity index (χ4v) is 1.89. The van der Waals surface area contributed by atoms with Crippen molar-refractivity contribution in [2.75, 3.05) is 31.3 Å². The number of aliphatic hydroxyl groups excluding tert-OH is 1. The molecule has 0 bridgehead atoms. The molecule has 20 heavy (non-hydrogen) atoms. The van der Waals surface area contributed by atoms with Crippen molar-refractivity contribution < 1.29 is 9.84 Å². The number of hydrogen-bond acceptors (Lipinski definition) is 4. The molecular formula is C16H20N2O2. The Morgan fingerprint density at radius 3 is 2.60 bits per heavy atom. The number of nitrogens with two attached hydrogens (primary N) is 1. The molecule has 2 aromatic carbocycles. The van der Waals surface area contributed by atoms with Crippen LogP contribution in [0, 0.1) is 0 Å². The molecule has 0 aliphatic heterocycles. The van der Waals surface area contributed by atoms with Gasteiger partial charge in [0.05, 0.1) is 0 Å². The lowest BCUT2D eigenvalue weighted by Gasteiger charge is -2.16. The maximum absolute atomic E-state index is 10.1. The van der Waals surface area contributed by atoms with Gasteiger partial charge in [0.25, 0.3) is 0 Å². The Bertz CT molecular complexity index is 570. The summed E-state index contributed by atoms with van der Waals surface area (Å²) in [7, 11) is 3.95. The summed E-state index contributed by atoms with van der Waals surface area (Å²) in [6.07, 6.45) is -0.693. The Hall–Kier alpha value is -2.20. The Labute approximate surface area is 119 Å². The van der Waals surface area contributed by atoms with Crippen LogP contribution in [-0.2, 0) is 0 Å². The molecule has 0 spiro atoms. The van der Waals surface area contributed by atoms with E-state index in [4.69, 9.17) is 10.5 Å². The van der Waals surface area contributed by atoms with Gasteiger partial charge >= 0.3 is 0 Å². The first kappa shape index (κ1) is 14.2. The van der Waals surface area contributed by atoms with E-state index in [1.54, 1.807) is 12.1 Å². The first-order valence-electron chi connectivity index (χ1n) is 6.50. The van der Waals surface area contributed by atoms with Gasteiger partial charge in [0, 0.05) is 31.5 Å². The Balaban J connectivity index is 1.99. The first-order chi connectivity index (χ1) is 9.56. The molecule has 2 rings (SSSR count). The summed E-state index contributed by atoms with van der Waals surface area (Å²) in [5.41, 5.74) is 8.15. The second kappa shape index (κ2) is 6.30. The summed E-state index contributed by atoms with van der Waals surface area (Å²) in [5, 5.41) is 10.1. The zero-order valence-corrected chi connectivity index (χ0v) is 11.8. The van der Waals surface area contributed by atoms with Gasteiger partial charge in [0.15, 0.2) is 0 Å². The number of aliphatic hydroxyl groups is 1. The normalized spacial score (nSPS) is 11.9. The minimum absolute atomic E-state index is 0.195. The third-order valence-electron chi connectivity index (χ3n) is 3.04. The zero-order chi connectivity index (χ0) is 14.5. The number of nitrogens with zero attached hydrogens (tertiary/aromatic N) is 1. The maximum Gasteiger partial charge on any atom is 0.121 e. The highest BCUT2D eigenvalue weighted by atomic mass is 16.5. The summed E-state index contributed by atoms with van der Waals surface area (Å²) in [4.78, 5) is 2.00. The monoisotopic (exact) mass is 272 g/mol. The van der Waals surface area contributed by atoms with E-state index >= 15 is 0 Å². The van der Waals surface area contributed by atoms with Crippen molar-refractivity contribution in [3.8, 4) is 5.75 Å². The molecule has 4 heteroatoms. The van der Waals surface area contributed by atoms with Crippen molar-refractivity contribution in [1.82, 2.24) is 0 Å². The number of benzene rings is 2. The molecule has 0 aliphatic carbocycles. The Morgan fingerprint density at radius 1 is 1.15 bits per heavy atom. The zero-order valence-electron chi connectivity index (χ0n) is 11.8. The highest BCUT2D eigenvalue weighted by Crippen LogP contribution is 2.22. The average molecular weight is 272 g/mol. The second-order valence-corrected chi connectivity index (χ2v) is 4.89. The van der Waals surface area contributed by atoms with Crippen LogP contribution in [0.15, 0.2) is 48.5 Å². The van der Waals surface area contributed by atoms with Crippen molar-refractivity contribution in [3.05, 3.63) is 54.1 Å². The van der Waals surface area contributed by atoms with Gasteiger partial charge in [-0.2, -0.15) is 0 Å². The van der Waals surface area contributed by atoms with Crippen molar-refractivity contribution in [3.63, 3.8) is 0 Å². The summed E-state index contributed by atoms with van der Waals surface area (Å²) < 4.78 is 5.64. The Morgan fingerprint density at radius 2 is 1.90 bits per heavy atom. The summed E-state index contributed by atoms with van der Waals surface area (Å²) >= 11 is 0. The van der Waals surface area contributed by atoms with Crippen molar-refractivity contribution in [2.24, 2.45) is 0 Å². The summed E-state index contributed by atoms with van der Waals surface area (Å²) in [5.74, 6) is 0.735. The fourth-order valence-electron chi connectivity index (χ4n) is 1.89. The predicted octanol–water partition coefficient (Wildman–Crippen LogP) is 2.45. The number of hydrogen-bond donors (Lipinski definition) is 2. The van der Waals surface area contributed by atoms with E-state index in [0.29, 0.717) is 5.69 Å². The third-order valence-corrected chi connectivity index (χ3v) is 3.04. The maximum atomic E-state index is 10.1. The lowest BCUT2D eigenvalue weighted by Crippen LogP contribution is -2.11. The molecule has 0 fully saturated rings. The van der Waals surface area contributed by atoms with Crippen molar-refractivity contribution in [1.29, 1.82) is 0 Å². The molecule has 0 radical (unpaired) electrons. The van der Waals surface area contributed by atoms with Crippen LogP contribution in [0.4, 0.5) is 11.4 Å². The molecule has 0 amide bonds. The lowest BCUT2D eigenvalue weighted by atomic mass is 10.1. The van der Waals surface area contributed by atoms with Crippen LogP contribution in [0.1, 0.15) is 11.7 Å². The van der Waals surface area contributed by atoms with Crippen LogP contribution < -0.4 is 15.4 Å². The molecule has 3 N–H and O–H groups in total. The minimum atomic E-state index is -0.693.